The SMILES string of the molecule is O=C(Nc1nc2cc(CO)ccc2n1[C@H]1C[C@@]2(CCNC2)C1)c1ccc(C(F)F)s1. The van der Waals surface area contributed by atoms with Crippen molar-refractivity contribution in [1.29, 1.82) is 0 Å². The fraction of sp³-hybridized carbons (Fsp3) is 0.429. The molecule has 1 spiro atoms. The number of aliphatic hydroxyl groups is 1. The molecule has 0 radical (unpaired) electrons. The summed E-state index contributed by atoms with van der Waals surface area (Å²) >= 11 is 0.790. The van der Waals surface area contributed by atoms with Crippen molar-refractivity contribution in [3.63, 3.8) is 0 Å². The maximum atomic E-state index is 12.9. The van der Waals surface area contributed by atoms with E-state index in [2.05, 4.69) is 20.2 Å². The number of aliphatic hydroxyl groups excluding tert-OH is 1. The Labute approximate surface area is 175 Å². The maximum absolute atomic E-state index is 12.9. The number of fused-ring (bicyclic) bond motifs is 1. The molecule has 1 saturated heterocycles. The number of thiophene rings is 1. The van der Waals surface area contributed by atoms with E-state index in [1.54, 1.807) is 0 Å². The molecule has 1 saturated carbocycles. The molecular formula is C21H22F2N4O2S. The number of aromatic nitrogens is 2. The minimum Gasteiger partial charge on any atom is -0.392 e. The average molecular weight is 432 g/mol. The number of nitrogens with zero attached hydrogens (tertiary/aromatic N) is 2. The normalized spacial score (nSPS) is 23.4. The number of halogens is 2. The number of carbonyl (C=O) groups is 1. The van der Waals surface area contributed by atoms with Crippen LogP contribution in [0.25, 0.3) is 11.0 Å². The number of carbonyl (C=O) groups excluding carboxylic acids is 1. The first-order valence-corrected chi connectivity index (χ1v) is 10.8. The molecule has 2 aromatic heterocycles. The van der Waals surface area contributed by atoms with Crippen LogP contribution in [0.1, 0.15) is 51.8 Å². The first kappa shape index (κ1) is 19.6. The Balaban J connectivity index is 1.47. The van der Waals surface area contributed by atoms with Crippen LogP contribution in [-0.2, 0) is 6.61 Å². The third-order valence-electron chi connectivity index (χ3n) is 6.26. The van der Waals surface area contributed by atoms with Crippen LogP contribution in [0.15, 0.2) is 30.3 Å². The molecule has 2 aliphatic rings. The van der Waals surface area contributed by atoms with Gasteiger partial charge in [0.25, 0.3) is 12.3 Å². The van der Waals surface area contributed by atoms with Gasteiger partial charge in [-0.3, -0.25) is 10.1 Å². The van der Waals surface area contributed by atoms with Crippen molar-refractivity contribution in [2.45, 2.75) is 38.3 Å². The van der Waals surface area contributed by atoms with Crippen molar-refractivity contribution in [1.82, 2.24) is 14.9 Å². The van der Waals surface area contributed by atoms with Gasteiger partial charge in [0.1, 0.15) is 0 Å². The lowest BCUT2D eigenvalue weighted by molar-refractivity contribution is 0.0874. The standard InChI is InChI=1S/C21H22F2N4O2S/c22-18(23)16-3-4-17(30-16)19(29)26-20-25-14-7-12(10-28)1-2-15(14)27(20)13-8-21(9-13)5-6-24-11-21/h1-4,7,13,18,24,28H,5-6,8-11H2,(H,25,26,29)/t13-,21-. The fourth-order valence-corrected chi connectivity index (χ4v) is 5.48. The summed E-state index contributed by atoms with van der Waals surface area (Å²) in [4.78, 5) is 17.4. The third kappa shape index (κ3) is 3.30. The molecule has 9 heteroatoms. The van der Waals surface area contributed by atoms with Crippen LogP contribution in [0.3, 0.4) is 0 Å². The topological polar surface area (TPSA) is 79.2 Å². The molecule has 3 N–H and O–H groups in total. The number of nitrogens with one attached hydrogen (secondary N) is 2. The molecule has 3 aromatic rings. The fourth-order valence-electron chi connectivity index (χ4n) is 4.72. The third-order valence-corrected chi connectivity index (χ3v) is 7.35. The van der Waals surface area contributed by atoms with E-state index in [0.717, 1.165) is 54.8 Å². The molecule has 5 rings (SSSR count). The molecule has 1 amide bonds. The van der Waals surface area contributed by atoms with Crippen LogP contribution < -0.4 is 10.6 Å². The lowest BCUT2D eigenvalue weighted by Crippen LogP contribution is -2.40. The summed E-state index contributed by atoms with van der Waals surface area (Å²) in [5, 5.41) is 15.7. The van der Waals surface area contributed by atoms with Gasteiger partial charge in [0.05, 0.1) is 27.4 Å². The van der Waals surface area contributed by atoms with Gasteiger partial charge in [-0.2, -0.15) is 0 Å². The van der Waals surface area contributed by atoms with Crippen molar-refractivity contribution in [3.8, 4) is 0 Å². The Kier molecular flexibility index (Phi) is 4.83. The largest absolute Gasteiger partial charge is 0.392 e. The summed E-state index contributed by atoms with van der Waals surface area (Å²) in [6.07, 6.45) is 0.567. The molecule has 0 bridgehead atoms. The highest BCUT2D eigenvalue weighted by molar-refractivity contribution is 7.14. The van der Waals surface area contributed by atoms with Gasteiger partial charge in [-0.05, 0) is 61.1 Å². The quantitative estimate of drug-likeness (QED) is 0.567. The minimum atomic E-state index is -2.59. The first-order valence-electron chi connectivity index (χ1n) is 10.00. The van der Waals surface area contributed by atoms with Crippen LogP contribution in [0, 0.1) is 5.41 Å². The van der Waals surface area contributed by atoms with E-state index in [0.29, 0.717) is 16.9 Å². The smallest absolute Gasteiger partial charge is 0.272 e. The van der Waals surface area contributed by atoms with Gasteiger partial charge >= 0.3 is 0 Å². The summed E-state index contributed by atoms with van der Waals surface area (Å²) in [7, 11) is 0. The number of rotatable bonds is 5. The summed E-state index contributed by atoms with van der Waals surface area (Å²) in [5.41, 5.74) is 2.65. The second-order valence-electron chi connectivity index (χ2n) is 8.23. The zero-order valence-corrected chi connectivity index (χ0v) is 17.0. The molecule has 3 heterocycles. The highest BCUT2D eigenvalue weighted by Crippen LogP contribution is 2.53. The van der Waals surface area contributed by atoms with E-state index in [4.69, 9.17) is 0 Å². The summed E-state index contributed by atoms with van der Waals surface area (Å²) < 4.78 is 27.8. The minimum absolute atomic E-state index is 0.0890. The molecule has 158 valence electrons. The lowest BCUT2D eigenvalue weighted by atomic mass is 9.65. The predicted octanol–water partition coefficient (Wildman–Crippen LogP) is 4.09. The van der Waals surface area contributed by atoms with Gasteiger partial charge in [0.15, 0.2) is 0 Å². The highest BCUT2D eigenvalue weighted by atomic mass is 32.1. The van der Waals surface area contributed by atoms with Gasteiger partial charge in [-0.15, -0.1) is 11.3 Å². The van der Waals surface area contributed by atoms with Gasteiger partial charge in [0.2, 0.25) is 5.95 Å². The molecule has 0 atom stereocenters. The van der Waals surface area contributed by atoms with Crippen molar-refractivity contribution >= 4 is 34.2 Å². The van der Waals surface area contributed by atoms with E-state index >= 15 is 0 Å². The number of benzene rings is 1. The summed E-state index contributed by atoms with van der Waals surface area (Å²) in [6.45, 7) is 1.96. The zero-order chi connectivity index (χ0) is 20.9. The predicted molar refractivity (Wildman–Crippen MR) is 111 cm³/mol. The highest BCUT2D eigenvalue weighted by Gasteiger charge is 2.47. The van der Waals surface area contributed by atoms with Gasteiger partial charge in [-0.25, -0.2) is 13.8 Å². The summed E-state index contributed by atoms with van der Waals surface area (Å²) in [5.74, 6) is -0.0229. The molecule has 6 nitrogen and oxygen atoms in total. The average Bonchev–Trinajstić information content (AvgIpc) is 3.43. The number of imidazole rings is 1. The molecule has 2 fully saturated rings. The second kappa shape index (κ2) is 7.40. The van der Waals surface area contributed by atoms with Crippen LogP contribution in [0.4, 0.5) is 14.7 Å². The van der Waals surface area contributed by atoms with E-state index in [1.807, 2.05) is 18.2 Å². The first-order chi connectivity index (χ1) is 14.5. The van der Waals surface area contributed by atoms with E-state index < -0.39 is 12.3 Å². The number of alkyl halides is 2. The Morgan fingerprint density at radius 2 is 2.20 bits per heavy atom. The molecule has 30 heavy (non-hydrogen) atoms. The zero-order valence-electron chi connectivity index (χ0n) is 16.2. The van der Waals surface area contributed by atoms with Gasteiger partial charge < -0.3 is 15.0 Å². The van der Waals surface area contributed by atoms with Crippen molar-refractivity contribution in [3.05, 3.63) is 45.6 Å². The van der Waals surface area contributed by atoms with Crippen LogP contribution >= 0.6 is 11.3 Å². The van der Waals surface area contributed by atoms with E-state index in [9.17, 15) is 18.7 Å². The van der Waals surface area contributed by atoms with Gasteiger partial charge in [-0.1, -0.05) is 6.07 Å². The van der Waals surface area contributed by atoms with Crippen molar-refractivity contribution in [2.24, 2.45) is 5.41 Å². The van der Waals surface area contributed by atoms with Crippen molar-refractivity contribution in [2.75, 3.05) is 18.4 Å². The Hall–Kier alpha value is -2.36. The molecule has 0 unspecified atom stereocenters. The monoisotopic (exact) mass is 432 g/mol. The molecule has 1 aliphatic carbocycles. The van der Waals surface area contributed by atoms with E-state index in [1.165, 1.54) is 12.1 Å². The molecule has 1 aromatic carbocycles. The number of hydrogen-bond acceptors (Lipinski definition) is 5. The Morgan fingerprint density at radius 3 is 2.87 bits per heavy atom. The number of anilines is 1. The lowest BCUT2D eigenvalue weighted by Gasteiger charge is -2.46. The number of amides is 1. The number of hydrogen-bond donors (Lipinski definition) is 3. The van der Waals surface area contributed by atoms with Crippen LogP contribution in [-0.4, -0.2) is 33.7 Å². The second-order valence-corrected chi connectivity index (χ2v) is 9.35. The van der Waals surface area contributed by atoms with Gasteiger partial charge in [0, 0.05) is 12.6 Å². The molecule has 1 aliphatic heterocycles. The van der Waals surface area contributed by atoms with Crippen LogP contribution in [0.2, 0.25) is 0 Å². The van der Waals surface area contributed by atoms with Crippen LogP contribution in [0.5, 0.6) is 0 Å². The summed E-state index contributed by atoms with van der Waals surface area (Å²) in [6, 6.07) is 8.50. The Bertz CT molecular complexity index is 1100. The maximum Gasteiger partial charge on any atom is 0.272 e. The molecular weight excluding hydrogens is 410 g/mol. The Morgan fingerprint density at radius 1 is 1.37 bits per heavy atom. The van der Waals surface area contributed by atoms with Crippen molar-refractivity contribution < 1.29 is 18.7 Å². The van der Waals surface area contributed by atoms with E-state index in [-0.39, 0.29) is 22.4 Å².